The molecule has 1 atom stereocenters. The molecule has 64 valence electrons. The molecule has 1 heterocycles. The van der Waals surface area contributed by atoms with Crippen LogP contribution in [0, 0.1) is 10.1 Å². The van der Waals surface area contributed by atoms with Gasteiger partial charge in [-0.15, -0.1) is 0 Å². The van der Waals surface area contributed by atoms with Crippen molar-refractivity contribution >= 4 is 0 Å². The van der Waals surface area contributed by atoms with Crippen molar-refractivity contribution in [3.05, 3.63) is 46.3 Å². The maximum absolute atomic E-state index is 10.4. The average molecular weight is 166 g/mol. The standard InChI is InChI=1S/C8H10N2O2/c1-7(10(11)12)8-5-3-2-4-6-9-8/h2-7,9H,1H3. The van der Waals surface area contributed by atoms with Gasteiger partial charge in [-0.3, -0.25) is 10.1 Å². The minimum atomic E-state index is -0.683. The monoisotopic (exact) mass is 166 g/mol. The first kappa shape index (κ1) is 8.52. The lowest BCUT2D eigenvalue weighted by Crippen LogP contribution is -2.24. The molecule has 12 heavy (non-hydrogen) atoms. The van der Waals surface area contributed by atoms with Gasteiger partial charge in [0.2, 0.25) is 6.04 Å². The first-order chi connectivity index (χ1) is 5.72. The summed E-state index contributed by atoms with van der Waals surface area (Å²) in [6.45, 7) is 1.55. The molecule has 0 fully saturated rings. The number of nitrogens with zero attached hydrogens (tertiary/aromatic N) is 1. The first-order valence-corrected chi connectivity index (χ1v) is 3.65. The minimum Gasteiger partial charge on any atom is -0.359 e. The van der Waals surface area contributed by atoms with Crippen molar-refractivity contribution in [1.29, 1.82) is 0 Å². The summed E-state index contributed by atoms with van der Waals surface area (Å²) in [5, 5.41) is 13.2. The van der Waals surface area contributed by atoms with Gasteiger partial charge < -0.3 is 5.32 Å². The van der Waals surface area contributed by atoms with Gasteiger partial charge in [0.05, 0.1) is 5.70 Å². The van der Waals surface area contributed by atoms with Crippen LogP contribution in [0.5, 0.6) is 0 Å². The Morgan fingerprint density at radius 1 is 1.50 bits per heavy atom. The molecule has 1 rings (SSSR count). The van der Waals surface area contributed by atoms with Gasteiger partial charge in [-0.05, 0) is 12.2 Å². The molecule has 4 nitrogen and oxygen atoms in total. The maximum atomic E-state index is 10.4. The Kier molecular flexibility index (Phi) is 2.63. The Bertz CT molecular complexity index is 266. The van der Waals surface area contributed by atoms with Crippen LogP contribution in [-0.2, 0) is 0 Å². The number of hydrogen-bond donors (Lipinski definition) is 1. The summed E-state index contributed by atoms with van der Waals surface area (Å²) in [6.07, 6.45) is 8.75. The Morgan fingerprint density at radius 3 is 2.92 bits per heavy atom. The molecule has 0 radical (unpaired) electrons. The van der Waals surface area contributed by atoms with Gasteiger partial charge in [0.15, 0.2) is 0 Å². The number of hydrogen-bond acceptors (Lipinski definition) is 3. The zero-order valence-corrected chi connectivity index (χ0v) is 6.73. The average Bonchev–Trinajstić information content (AvgIpc) is 2.30. The van der Waals surface area contributed by atoms with E-state index in [1.54, 1.807) is 31.4 Å². The molecule has 0 spiro atoms. The summed E-state index contributed by atoms with van der Waals surface area (Å²) in [5.41, 5.74) is 0.602. The molecule has 0 aromatic heterocycles. The third-order valence-corrected chi connectivity index (χ3v) is 1.61. The van der Waals surface area contributed by atoms with Crippen LogP contribution in [0.2, 0.25) is 0 Å². The second kappa shape index (κ2) is 3.71. The van der Waals surface area contributed by atoms with Crippen molar-refractivity contribution in [2.24, 2.45) is 0 Å². The first-order valence-electron chi connectivity index (χ1n) is 3.65. The second-order valence-corrected chi connectivity index (χ2v) is 2.47. The van der Waals surface area contributed by atoms with E-state index in [4.69, 9.17) is 0 Å². The maximum Gasteiger partial charge on any atom is 0.249 e. The predicted octanol–water partition coefficient (Wildman–Crippen LogP) is 1.21. The minimum absolute atomic E-state index is 0.328. The topological polar surface area (TPSA) is 55.2 Å². The van der Waals surface area contributed by atoms with Crippen LogP contribution in [0.1, 0.15) is 6.92 Å². The highest BCUT2D eigenvalue weighted by atomic mass is 16.6. The van der Waals surface area contributed by atoms with Gasteiger partial charge >= 0.3 is 0 Å². The van der Waals surface area contributed by atoms with Gasteiger partial charge in [-0.25, -0.2) is 0 Å². The van der Waals surface area contributed by atoms with Crippen LogP contribution in [0.4, 0.5) is 0 Å². The number of allylic oxidation sites excluding steroid dienone is 4. The zero-order valence-electron chi connectivity index (χ0n) is 6.73. The van der Waals surface area contributed by atoms with E-state index < -0.39 is 6.04 Å². The fourth-order valence-electron chi connectivity index (χ4n) is 0.845. The molecule has 0 bridgehead atoms. The fourth-order valence-corrected chi connectivity index (χ4v) is 0.845. The Morgan fingerprint density at radius 2 is 2.25 bits per heavy atom. The fraction of sp³-hybridized carbons (Fsp3) is 0.250. The van der Waals surface area contributed by atoms with E-state index in [1.807, 2.05) is 6.08 Å². The molecule has 0 saturated heterocycles. The smallest absolute Gasteiger partial charge is 0.249 e. The Labute approximate surface area is 70.4 Å². The van der Waals surface area contributed by atoms with Gasteiger partial charge in [-0.2, -0.15) is 0 Å². The lowest BCUT2D eigenvalue weighted by Gasteiger charge is -2.06. The molecular weight excluding hydrogens is 156 g/mol. The van der Waals surface area contributed by atoms with E-state index in [0.29, 0.717) is 5.70 Å². The molecule has 1 aliphatic heterocycles. The molecule has 0 aromatic rings. The van der Waals surface area contributed by atoms with Crippen LogP contribution >= 0.6 is 0 Å². The normalized spacial score (nSPS) is 17.6. The molecule has 0 amide bonds. The van der Waals surface area contributed by atoms with Crippen LogP contribution in [-0.4, -0.2) is 11.0 Å². The van der Waals surface area contributed by atoms with Crippen molar-refractivity contribution in [2.75, 3.05) is 0 Å². The van der Waals surface area contributed by atoms with Crippen molar-refractivity contribution < 1.29 is 4.92 Å². The number of rotatable bonds is 2. The summed E-state index contributed by atoms with van der Waals surface area (Å²) < 4.78 is 0. The SMILES string of the molecule is CC(C1=CC=CC=CN1)[N+](=O)[O-]. The molecule has 1 unspecified atom stereocenters. The van der Waals surface area contributed by atoms with Crippen LogP contribution in [0.25, 0.3) is 0 Å². The summed E-state index contributed by atoms with van der Waals surface area (Å²) in [4.78, 5) is 10.1. The van der Waals surface area contributed by atoms with E-state index in [0.717, 1.165) is 0 Å². The summed E-state index contributed by atoms with van der Waals surface area (Å²) in [7, 11) is 0. The quantitative estimate of drug-likeness (QED) is 0.495. The molecular formula is C8H10N2O2. The zero-order chi connectivity index (χ0) is 8.97. The van der Waals surface area contributed by atoms with Gasteiger partial charge in [0.25, 0.3) is 0 Å². The Balaban J connectivity index is 2.74. The van der Waals surface area contributed by atoms with Crippen molar-refractivity contribution in [2.45, 2.75) is 13.0 Å². The van der Waals surface area contributed by atoms with E-state index in [-0.39, 0.29) is 4.92 Å². The van der Waals surface area contributed by atoms with Gasteiger partial charge in [0, 0.05) is 18.0 Å². The van der Waals surface area contributed by atoms with Gasteiger partial charge in [0.1, 0.15) is 0 Å². The van der Waals surface area contributed by atoms with E-state index >= 15 is 0 Å². The van der Waals surface area contributed by atoms with E-state index in [9.17, 15) is 10.1 Å². The van der Waals surface area contributed by atoms with Crippen LogP contribution in [0.3, 0.4) is 0 Å². The van der Waals surface area contributed by atoms with Crippen LogP contribution in [0.15, 0.2) is 36.2 Å². The summed E-state index contributed by atoms with van der Waals surface area (Å²) >= 11 is 0. The summed E-state index contributed by atoms with van der Waals surface area (Å²) in [5.74, 6) is 0. The lowest BCUT2D eigenvalue weighted by atomic mass is 10.2. The predicted molar refractivity (Wildman–Crippen MR) is 46.0 cm³/mol. The Hall–Kier alpha value is -1.58. The second-order valence-electron chi connectivity index (χ2n) is 2.47. The number of nitro groups is 1. The molecule has 1 aliphatic rings. The van der Waals surface area contributed by atoms with E-state index in [1.165, 1.54) is 0 Å². The molecule has 4 heteroatoms. The molecule has 0 aromatic carbocycles. The molecule has 0 aliphatic carbocycles. The van der Waals surface area contributed by atoms with Crippen molar-refractivity contribution in [3.63, 3.8) is 0 Å². The van der Waals surface area contributed by atoms with Crippen molar-refractivity contribution in [3.8, 4) is 0 Å². The van der Waals surface area contributed by atoms with Gasteiger partial charge in [-0.1, -0.05) is 12.2 Å². The van der Waals surface area contributed by atoms with E-state index in [2.05, 4.69) is 5.32 Å². The number of nitrogens with one attached hydrogen (secondary N) is 1. The highest BCUT2D eigenvalue weighted by Crippen LogP contribution is 2.04. The molecule has 0 saturated carbocycles. The third-order valence-electron chi connectivity index (χ3n) is 1.61. The third kappa shape index (κ3) is 1.95. The largest absolute Gasteiger partial charge is 0.359 e. The molecule has 1 N–H and O–H groups in total. The summed E-state index contributed by atoms with van der Waals surface area (Å²) in [6, 6.07) is -0.683. The lowest BCUT2D eigenvalue weighted by molar-refractivity contribution is -0.508. The van der Waals surface area contributed by atoms with Crippen LogP contribution < -0.4 is 5.32 Å². The highest BCUT2D eigenvalue weighted by Gasteiger charge is 2.17. The highest BCUT2D eigenvalue weighted by molar-refractivity contribution is 5.22. The van der Waals surface area contributed by atoms with Crippen molar-refractivity contribution in [1.82, 2.24) is 5.32 Å².